The monoisotopic (exact) mass is 308 g/mol. The highest BCUT2D eigenvalue weighted by Crippen LogP contribution is 2.27. The van der Waals surface area contributed by atoms with Crippen LogP contribution in [0.1, 0.15) is 32.6 Å². The van der Waals surface area contributed by atoms with E-state index >= 15 is 0 Å². The van der Waals surface area contributed by atoms with Crippen molar-refractivity contribution in [1.29, 1.82) is 0 Å². The minimum Gasteiger partial charge on any atom is -0.382 e. The number of hydrogen-bond acceptors (Lipinski definition) is 3. The molecule has 1 aromatic rings. The Bertz CT molecular complexity index is 566. The van der Waals surface area contributed by atoms with Crippen molar-refractivity contribution in [3.8, 4) is 0 Å². The van der Waals surface area contributed by atoms with Crippen molar-refractivity contribution in [2.75, 3.05) is 18.4 Å². The smallest absolute Gasteiger partial charge is 0.243 e. The first kappa shape index (κ1) is 16.0. The van der Waals surface area contributed by atoms with Crippen LogP contribution >= 0.6 is 0 Å². The Morgan fingerprint density at radius 1 is 1.33 bits per heavy atom. The fourth-order valence-corrected chi connectivity index (χ4v) is 4.54. The molecular weight excluding hydrogens is 284 g/mol. The van der Waals surface area contributed by atoms with Gasteiger partial charge in [0.15, 0.2) is 0 Å². The third kappa shape index (κ3) is 3.66. The minimum atomic E-state index is -3.38. The summed E-state index contributed by atoms with van der Waals surface area (Å²) in [7, 11) is -3.38. The van der Waals surface area contributed by atoms with Crippen molar-refractivity contribution < 1.29 is 8.42 Å². The Morgan fingerprint density at radius 2 is 2.05 bits per heavy atom. The summed E-state index contributed by atoms with van der Waals surface area (Å²) in [4.78, 5) is 0.381. The zero-order chi connectivity index (χ0) is 15.3. The van der Waals surface area contributed by atoms with E-state index in [2.05, 4.69) is 18.8 Å². The lowest BCUT2D eigenvalue weighted by Gasteiger charge is -2.34. The SMILES string of the molecule is C=CCNc1ccc(S(=O)(=O)N2CCCCC2CC)cc1. The Morgan fingerprint density at radius 3 is 2.67 bits per heavy atom. The molecule has 1 N–H and O–H groups in total. The van der Waals surface area contributed by atoms with Gasteiger partial charge in [0, 0.05) is 24.8 Å². The van der Waals surface area contributed by atoms with Crippen molar-refractivity contribution in [3.63, 3.8) is 0 Å². The van der Waals surface area contributed by atoms with Crippen LogP contribution in [0, 0.1) is 0 Å². The average molecular weight is 308 g/mol. The van der Waals surface area contributed by atoms with Gasteiger partial charge in [-0.15, -0.1) is 6.58 Å². The van der Waals surface area contributed by atoms with E-state index in [1.165, 1.54) is 0 Å². The Labute approximate surface area is 127 Å². The van der Waals surface area contributed by atoms with Gasteiger partial charge in [0.2, 0.25) is 10.0 Å². The number of piperidine rings is 1. The molecule has 1 unspecified atom stereocenters. The van der Waals surface area contributed by atoms with E-state index in [1.807, 2.05) is 0 Å². The van der Waals surface area contributed by atoms with Gasteiger partial charge in [-0.2, -0.15) is 4.31 Å². The Hall–Kier alpha value is -1.33. The molecule has 1 aliphatic heterocycles. The third-order valence-electron chi connectivity index (χ3n) is 3.96. The number of benzene rings is 1. The van der Waals surface area contributed by atoms with Crippen molar-refractivity contribution >= 4 is 15.7 Å². The molecule has 2 rings (SSSR count). The summed E-state index contributed by atoms with van der Waals surface area (Å²) in [5.41, 5.74) is 0.902. The van der Waals surface area contributed by atoms with E-state index < -0.39 is 10.0 Å². The van der Waals surface area contributed by atoms with E-state index in [0.717, 1.165) is 31.4 Å². The molecule has 4 nitrogen and oxygen atoms in total. The van der Waals surface area contributed by atoms with Crippen LogP contribution in [0.3, 0.4) is 0 Å². The van der Waals surface area contributed by atoms with Crippen LogP contribution in [0.25, 0.3) is 0 Å². The number of nitrogens with zero attached hydrogens (tertiary/aromatic N) is 1. The van der Waals surface area contributed by atoms with Gasteiger partial charge >= 0.3 is 0 Å². The third-order valence-corrected chi connectivity index (χ3v) is 5.92. The highest BCUT2D eigenvalue weighted by atomic mass is 32.2. The molecule has 0 aromatic heterocycles. The Balaban J connectivity index is 2.20. The lowest BCUT2D eigenvalue weighted by atomic mass is 10.0. The molecule has 116 valence electrons. The second-order valence-electron chi connectivity index (χ2n) is 5.37. The van der Waals surface area contributed by atoms with Gasteiger partial charge in [0.25, 0.3) is 0 Å². The zero-order valence-corrected chi connectivity index (χ0v) is 13.4. The summed E-state index contributed by atoms with van der Waals surface area (Å²) in [5, 5.41) is 3.15. The van der Waals surface area contributed by atoms with Gasteiger partial charge in [-0.3, -0.25) is 0 Å². The fraction of sp³-hybridized carbons (Fsp3) is 0.500. The average Bonchev–Trinajstić information content (AvgIpc) is 2.53. The summed E-state index contributed by atoms with van der Waals surface area (Å²) in [6.45, 7) is 7.00. The summed E-state index contributed by atoms with van der Waals surface area (Å²) in [6, 6.07) is 7.12. The van der Waals surface area contributed by atoms with Crippen LogP contribution in [0.4, 0.5) is 5.69 Å². The predicted octanol–water partition coefficient (Wildman–Crippen LogP) is 3.24. The van der Waals surface area contributed by atoms with Gasteiger partial charge in [0.05, 0.1) is 4.90 Å². The van der Waals surface area contributed by atoms with Gasteiger partial charge in [0.1, 0.15) is 0 Å². The van der Waals surface area contributed by atoms with E-state index in [1.54, 1.807) is 34.6 Å². The van der Waals surface area contributed by atoms with E-state index in [9.17, 15) is 8.42 Å². The number of sulfonamides is 1. The maximum atomic E-state index is 12.8. The molecule has 0 radical (unpaired) electrons. The summed E-state index contributed by atoms with van der Waals surface area (Å²) >= 11 is 0. The van der Waals surface area contributed by atoms with Crippen molar-refractivity contribution in [1.82, 2.24) is 4.31 Å². The van der Waals surface area contributed by atoms with Crippen LogP contribution in [0.15, 0.2) is 41.8 Å². The molecule has 1 aromatic carbocycles. The molecule has 1 atom stereocenters. The standard InChI is InChI=1S/C16H24N2O2S/c1-3-12-17-14-8-10-16(11-9-14)21(19,20)18-13-6-5-7-15(18)4-2/h3,8-11,15,17H,1,4-7,12-13H2,2H3. The molecule has 1 aliphatic rings. The molecule has 1 heterocycles. The first-order valence-corrected chi connectivity index (χ1v) is 9.00. The van der Waals surface area contributed by atoms with Crippen LogP contribution in [0.2, 0.25) is 0 Å². The molecule has 21 heavy (non-hydrogen) atoms. The van der Waals surface area contributed by atoms with Gasteiger partial charge < -0.3 is 5.32 Å². The molecule has 0 bridgehead atoms. The maximum absolute atomic E-state index is 12.8. The largest absolute Gasteiger partial charge is 0.382 e. The topological polar surface area (TPSA) is 49.4 Å². The van der Waals surface area contributed by atoms with E-state index in [4.69, 9.17) is 0 Å². The minimum absolute atomic E-state index is 0.141. The second-order valence-corrected chi connectivity index (χ2v) is 7.26. The van der Waals surface area contributed by atoms with Crippen LogP contribution in [0.5, 0.6) is 0 Å². The number of nitrogens with one attached hydrogen (secondary N) is 1. The molecule has 0 spiro atoms. The first-order chi connectivity index (χ1) is 10.1. The van der Waals surface area contributed by atoms with Crippen molar-refractivity contribution in [2.45, 2.75) is 43.5 Å². The molecule has 0 amide bonds. The van der Waals surface area contributed by atoms with E-state index in [-0.39, 0.29) is 6.04 Å². The highest BCUT2D eigenvalue weighted by molar-refractivity contribution is 7.89. The summed E-state index contributed by atoms with van der Waals surface area (Å²) < 4.78 is 27.2. The molecular formula is C16H24N2O2S. The van der Waals surface area contributed by atoms with Crippen molar-refractivity contribution in [2.24, 2.45) is 0 Å². The number of anilines is 1. The van der Waals surface area contributed by atoms with Crippen LogP contribution in [-0.2, 0) is 10.0 Å². The molecule has 0 saturated carbocycles. The highest BCUT2D eigenvalue weighted by Gasteiger charge is 2.32. The molecule has 1 saturated heterocycles. The number of hydrogen-bond donors (Lipinski definition) is 1. The van der Waals surface area contributed by atoms with Crippen molar-refractivity contribution in [3.05, 3.63) is 36.9 Å². The summed E-state index contributed by atoms with van der Waals surface area (Å²) in [6.07, 6.45) is 5.68. The van der Waals surface area contributed by atoms with Crippen LogP contribution < -0.4 is 5.32 Å². The predicted molar refractivity (Wildman–Crippen MR) is 87.0 cm³/mol. The fourth-order valence-electron chi connectivity index (χ4n) is 2.77. The Kier molecular flexibility index (Phi) is 5.42. The normalized spacial score (nSPS) is 20.1. The van der Waals surface area contributed by atoms with Gasteiger partial charge in [-0.1, -0.05) is 19.4 Å². The van der Waals surface area contributed by atoms with Crippen LogP contribution in [-0.4, -0.2) is 31.9 Å². The van der Waals surface area contributed by atoms with Gasteiger partial charge in [-0.05, 0) is 43.5 Å². The molecule has 1 fully saturated rings. The molecule has 5 heteroatoms. The molecule has 0 aliphatic carbocycles. The lowest BCUT2D eigenvalue weighted by Crippen LogP contribution is -2.43. The number of rotatable bonds is 6. The van der Waals surface area contributed by atoms with Gasteiger partial charge in [-0.25, -0.2) is 8.42 Å². The zero-order valence-electron chi connectivity index (χ0n) is 12.6. The first-order valence-electron chi connectivity index (χ1n) is 7.56. The second kappa shape index (κ2) is 7.09. The summed E-state index contributed by atoms with van der Waals surface area (Å²) in [5.74, 6) is 0. The van der Waals surface area contributed by atoms with E-state index in [0.29, 0.717) is 18.0 Å². The quantitative estimate of drug-likeness (QED) is 0.821. The lowest BCUT2D eigenvalue weighted by molar-refractivity contribution is 0.246. The maximum Gasteiger partial charge on any atom is 0.243 e.